The first-order valence-corrected chi connectivity index (χ1v) is 13.0. The third-order valence-corrected chi connectivity index (χ3v) is 8.73. The zero-order valence-corrected chi connectivity index (χ0v) is 20.9. The number of rotatable bonds is 7. The predicted molar refractivity (Wildman–Crippen MR) is 130 cm³/mol. The van der Waals surface area contributed by atoms with Gasteiger partial charge in [-0.15, -0.1) is 0 Å². The molecule has 3 aliphatic carbocycles. The summed E-state index contributed by atoms with van der Waals surface area (Å²) in [7, 11) is 0. The molecule has 0 aromatic carbocycles. The highest BCUT2D eigenvalue weighted by Gasteiger charge is 2.51. The lowest BCUT2D eigenvalue weighted by Gasteiger charge is -2.43. The van der Waals surface area contributed by atoms with E-state index in [1.807, 2.05) is 20.8 Å². The zero-order valence-electron chi connectivity index (χ0n) is 20.9. The Kier molecular flexibility index (Phi) is 8.63. The van der Waals surface area contributed by atoms with Crippen LogP contribution in [0.25, 0.3) is 0 Å². The van der Waals surface area contributed by atoms with Gasteiger partial charge in [0.05, 0.1) is 17.8 Å². The Morgan fingerprint density at radius 2 is 1.85 bits per heavy atom. The van der Waals surface area contributed by atoms with Gasteiger partial charge >= 0.3 is 5.97 Å². The lowest BCUT2D eigenvalue weighted by Crippen LogP contribution is -2.39. The summed E-state index contributed by atoms with van der Waals surface area (Å²) in [5.41, 5.74) is 1.74. The number of carbonyl (C=O) groups is 1. The normalized spacial score (nSPS) is 35.0. The molecule has 0 bridgehead atoms. The van der Waals surface area contributed by atoms with E-state index in [1.54, 1.807) is 6.08 Å². The summed E-state index contributed by atoms with van der Waals surface area (Å²) < 4.78 is 5.82. The summed E-state index contributed by atoms with van der Waals surface area (Å²) in [6.07, 6.45) is 14.7. The molecule has 6 atom stereocenters. The van der Waals surface area contributed by atoms with E-state index in [1.165, 1.54) is 11.6 Å². The highest BCUT2D eigenvalue weighted by atomic mass is 16.5. The van der Waals surface area contributed by atoms with Crippen molar-refractivity contribution in [3.8, 4) is 0 Å². The molecule has 3 rings (SSSR count). The Morgan fingerprint density at radius 3 is 2.48 bits per heavy atom. The van der Waals surface area contributed by atoms with E-state index in [9.17, 15) is 20.1 Å². The molecule has 33 heavy (non-hydrogen) atoms. The van der Waals surface area contributed by atoms with Crippen LogP contribution in [0.15, 0.2) is 35.5 Å². The van der Waals surface area contributed by atoms with Crippen LogP contribution in [0.3, 0.4) is 0 Å². The van der Waals surface area contributed by atoms with Gasteiger partial charge in [-0.3, -0.25) is 0 Å². The maximum Gasteiger partial charge on any atom is 0.330 e. The van der Waals surface area contributed by atoms with E-state index in [0.29, 0.717) is 43.9 Å². The molecule has 0 amide bonds. The van der Waals surface area contributed by atoms with Crippen molar-refractivity contribution in [2.75, 3.05) is 0 Å². The first-order chi connectivity index (χ1) is 15.6. The Bertz CT molecular complexity index is 765. The Hall–Kier alpha value is -1.43. The van der Waals surface area contributed by atoms with Gasteiger partial charge in [0.25, 0.3) is 0 Å². The van der Waals surface area contributed by atoms with E-state index in [4.69, 9.17) is 4.74 Å². The van der Waals surface area contributed by atoms with E-state index in [2.05, 4.69) is 19.1 Å². The third-order valence-electron chi connectivity index (χ3n) is 8.73. The van der Waals surface area contributed by atoms with Crippen molar-refractivity contribution in [1.82, 2.24) is 0 Å². The van der Waals surface area contributed by atoms with Crippen molar-refractivity contribution in [3.05, 3.63) is 35.5 Å². The predicted octanol–water partition coefficient (Wildman–Crippen LogP) is 5.00. The van der Waals surface area contributed by atoms with Crippen LogP contribution in [0.1, 0.15) is 91.9 Å². The molecule has 5 heteroatoms. The van der Waals surface area contributed by atoms with Crippen LogP contribution in [0.4, 0.5) is 0 Å². The maximum absolute atomic E-state index is 12.5. The molecule has 3 fully saturated rings. The minimum Gasteiger partial charge on any atom is -0.459 e. The second kappa shape index (κ2) is 10.9. The number of hydrogen-bond donors (Lipinski definition) is 3. The Balaban J connectivity index is 1.67. The Labute approximate surface area is 199 Å². The zero-order chi connectivity index (χ0) is 24.2. The van der Waals surface area contributed by atoms with Gasteiger partial charge < -0.3 is 20.1 Å². The molecule has 0 radical (unpaired) electrons. The number of aliphatic hydroxyl groups excluding tert-OH is 2. The quantitative estimate of drug-likeness (QED) is 0.368. The lowest BCUT2D eigenvalue weighted by atomic mass is 9.62. The number of carbonyl (C=O) groups excluding carboxylic acids is 1. The van der Waals surface area contributed by atoms with Crippen LogP contribution in [0, 0.1) is 17.3 Å². The number of ether oxygens (including phenoxy) is 1. The van der Waals surface area contributed by atoms with E-state index >= 15 is 0 Å². The molecule has 0 aromatic rings. The number of hydrogen-bond acceptors (Lipinski definition) is 5. The van der Waals surface area contributed by atoms with Crippen molar-refractivity contribution in [1.29, 1.82) is 0 Å². The summed E-state index contributed by atoms with van der Waals surface area (Å²) in [5, 5.41) is 30.3. The van der Waals surface area contributed by atoms with Gasteiger partial charge in [0.2, 0.25) is 0 Å². The SMILES string of the molecule is CCC(O)(C=CC(=O)O[C@@H](C)[C@H]1CC[C@H]2C(=CC=C3C[C@@H](O)C[C@H](O)C3)CCC[C@]12C)CC. The molecule has 186 valence electrons. The molecule has 0 spiro atoms. The van der Waals surface area contributed by atoms with E-state index in [-0.39, 0.29) is 17.5 Å². The van der Waals surface area contributed by atoms with Gasteiger partial charge in [-0.2, -0.15) is 0 Å². The first-order valence-electron chi connectivity index (χ1n) is 13.0. The molecule has 0 aliphatic heterocycles. The summed E-state index contributed by atoms with van der Waals surface area (Å²) in [6, 6.07) is 0. The average Bonchev–Trinajstić information content (AvgIpc) is 3.13. The fraction of sp³-hybridized carbons (Fsp3) is 0.750. The largest absolute Gasteiger partial charge is 0.459 e. The van der Waals surface area contributed by atoms with Crippen molar-refractivity contribution in [2.24, 2.45) is 17.3 Å². The van der Waals surface area contributed by atoms with Crippen LogP contribution >= 0.6 is 0 Å². The molecule has 0 aromatic heterocycles. The van der Waals surface area contributed by atoms with Gasteiger partial charge in [0, 0.05) is 12.0 Å². The fourth-order valence-corrected chi connectivity index (χ4v) is 6.59. The number of fused-ring (bicyclic) bond motifs is 1. The number of esters is 1. The summed E-state index contributed by atoms with van der Waals surface area (Å²) in [5.74, 6) is 0.417. The van der Waals surface area contributed by atoms with Gasteiger partial charge in [0.1, 0.15) is 6.10 Å². The average molecular weight is 461 g/mol. The summed E-state index contributed by atoms with van der Waals surface area (Å²) >= 11 is 0. The van der Waals surface area contributed by atoms with Crippen LogP contribution < -0.4 is 0 Å². The van der Waals surface area contributed by atoms with Crippen LogP contribution in [-0.2, 0) is 9.53 Å². The van der Waals surface area contributed by atoms with Crippen molar-refractivity contribution >= 4 is 5.97 Å². The first kappa shape index (κ1) is 26.2. The summed E-state index contributed by atoms with van der Waals surface area (Å²) in [4.78, 5) is 12.5. The number of allylic oxidation sites excluding steroid dienone is 3. The van der Waals surface area contributed by atoms with Crippen LogP contribution in [0.5, 0.6) is 0 Å². The van der Waals surface area contributed by atoms with Gasteiger partial charge in [-0.1, -0.05) is 44.1 Å². The maximum atomic E-state index is 12.5. The van der Waals surface area contributed by atoms with Crippen molar-refractivity contribution in [3.63, 3.8) is 0 Å². The smallest absolute Gasteiger partial charge is 0.330 e. The molecule has 0 heterocycles. The third kappa shape index (κ3) is 6.17. The van der Waals surface area contributed by atoms with E-state index < -0.39 is 17.8 Å². The second-order valence-electron chi connectivity index (χ2n) is 10.9. The number of aliphatic hydroxyl groups is 3. The van der Waals surface area contributed by atoms with Crippen LogP contribution in [-0.4, -0.2) is 45.2 Å². The fourth-order valence-electron chi connectivity index (χ4n) is 6.59. The molecular weight excluding hydrogens is 416 g/mol. The van der Waals surface area contributed by atoms with Crippen molar-refractivity contribution in [2.45, 2.75) is 116 Å². The van der Waals surface area contributed by atoms with Gasteiger partial charge in [-0.25, -0.2) is 4.79 Å². The molecule has 3 aliphatic rings. The second-order valence-corrected chi connectivity index (χ2v) is 10.9. The molecule has 0 saturated heterocycles. The molecule has 5 nitrogen and oxygen atoms in total. The van der Waals surface area contributed by atoms with Gasteiger partial charge in [-0.05, 0) is 88.5 Å². The topological polar surface area (TPSA) is 87.0 Å². The molecule has 3 saturated carbocycles. The van der Waals surface area contributed by atoms with Crippen LogP contribution in [0.2, 0.25) is 0 Å². The highest BCUT2D eigenvalue weighted by molar-refractivity contribution is 5.82. The minimum absolute atomic E-state index is 0.102. The lowest BCUT2D eigenvalue weighted by molar-refractivity contribution is -0.147. The molecule has 3 N–H and O–H groups in total. The standard InChI is InChI=1S/C28H44O5/c1-5-28(32,6-2)15-13-26(31)33-19(3)24-11-12-25-21(8-7-14-27(24,25)4)10-9-20-16-22(29)18-23(30)17-20/h9-10,13,15,19,22-25,29-30,32H,5-8,11-12,14,16-18H2,1-4H3/t19-,22+,23+,24+,25-,27+/m0/s1. The Morgan fingerprint density at radius 1 is 1.18 bits per heavy atom. The highest BCUT2D eigenvalue weighted by Crippen LogP contribution is 2.58. The summed E-state index contributed by atoms with van der Waals surface area (Å²) in [6.45, 7) is 8.19. The minimum atomic E-state index is -0.950. The monoisotopic (exact) mass is 460 g/mol. The molecule has 0 unspecified atom stereocenters. The van der Waals surface area contributed by atoms with Gasteiger partial charge in [0.15, 0.2) is 0 Å². The van der Waals surface area contributed by atoms with E-state index in [0.717, 1.165) is 37.7 Å². The molecular formula is C28H44O5. The van der Waals surface area contributed by atoms with Crippen molar-refractivity contribution < 1.29 is 24.9 Å².